The molecule has 0 aromatic heterocycles. The average molecular weight is 259 g/mol. The quantitative estimate of drug-likeness (QED) is 0.869. The number of fused-ring (bicyclic) bond motifs is 2. The molecule has 2 heteroatoms. The highest BCUT2D eigenvalue weighted by atomic mass is 16.5. The Bertz CT molecular complexity index is 431. The first-order chi connectivity index (χ1) is 9.31. The molecule has 2 nitrogen and oxygen atoms in total. The van der Waals surface area contributed by atoms with Gasteiger partial charge in [0, 0.05) is 11.6 Å². The molecule has 0 amide bonds. The highest BCUT2D eigenvalue weighted by molar-refractivity contribution is 5.35. The van der Waals surface area contributed by atoms with Gasteiger partial charge in [0.2, 0.25) is 0 Å². The van der Waals surface area contributed by atoms with E-state index >= 15 is 0 Å². The van der Waals surface area contributed by atoms with Gasteiger partial charge in [-0.25, -0.2) is 0 Å². The number of para-hydroxylation sites is 1. The van der Waals surface area contributed by atoms with Crippen molar-refractivity contribution in [3.63, 3.8) is 0 Å². The number of ether oxygens (including phenoxy) is 1. The molecule has 0 radical (unpaired) electrons. The van der Waals surface area contributed by atoms with Gasteiger partial charge in [0.25, 0.3) is 0 Å². The molecular weight excluding hydrogens is 234 g/mol. The number of benzene rings is 1. The summed E-state index contributed by atoms with van der Waals surface area (Å²) < 4.78 is 5.51. The Kier molecular flexibility index (Phi) is 3.79. The molecule has 4 atom stereocenters. The molecule has 2 bridgehead atoms. The van der Waals surface area contributed by atoms with E-state index in [1.165, 1.54) is 37.7 Å². The summed E-state index contributed by atoms with van der Waals surface area (Å²) in [5.74, 6) is 3.96. The van der Waals surface area contributed by atoms with Crippen LogP contribution in [0.5, 0.6) is 5.75 Å². The fraction of sp³-hybridized carbons (Fsp3) is 0.647. The first-order valence-corrected chi connectivity index (χ1v) is 7.62. The second-order valence-corrected chi connectivity index (χ2v) is 6.25. The Morgan fingerprint density at radius 1 is 1.26 bits per heavy atom. The smallest absolute Gasteiger partial charge is 0.123 e. The predicted molar refractivity (Wildman–Crippen MR) is 78.3 cm³/mol. The third-order valence-corrected chi connectivity index (χ3v) is 5.29. The first kappa shape index (κ1) is 13.0. The van der Waals surface area contributed by atoms with E-state index in [-0.39, 0.29) is 0 Å². The number of methoxy groups -OCH3 is 1. The minimum atomic E-state index is 0.431. The number of hydrogen-bond acceptors (Lipinski definition) is 2. The largest absolute Gasteiger partial charge is 0.496 e. The van der Waals surface area contributed by atoms with Crippen LogP contribution in [-0.4, -0.2) is 14.2 Å². The van der Waals surface area contributed by atoms with Crippen LogP contribution in [0.4, 0.5) is 0 Å². The molecule has 2 aliphatic rings. The highest BCUT2D eigenvalue weighted by Crippen LogP contribution is 2.51. The van der Waals surface area contributed by atoms with E-state index in [1.807, 2.05) is 6.07 Å². The third-order valence-electron chi connectivity index (χ3n) is 5.29. The van der Waals surface area contributed by atoms with Gasteiger partial charge in [-0.1, -0.05) is 24.6 Å². The lowest BCUT2D eigenvalue weighted by molar-refractivity contribution is 0.281. The molecule has 0 aliphatic heterocycles. The molecule has 1 aromatic carbocycles. The van der Waals surface area contributed by atoms with Crippen LogP contribution in [0, 0.1) is 17.8 Å². The van der Waals surface area contributed by atoms with E-state index in [2.05, 4.69) is 30.6 Å². The normalized spacial score (nSPS) is 30.5. The molecular formula is C17H25NO. The van der Waals surface area contributed by atoms with Crippen LogP contribution < -0.4 is 10.1 Å². The lowest BCUT2D eigenvalue weighted by Gasteiger charge is -2.27. The van der Waals surface area contributed by atoms with Crippen molar-refractivity contribution in [2.75, 3.05) is 14.2 Å². The molecule has 1 N–H and O–H groups in total. The van der Waals surface area contributed by atoms with Gasteiger partial charge < -0.3 is 10.1 Å². The monoisotopic (exact) mass is 259 g/mol. The topological polar surface area (TPSA) is 21.3 Å². The first-order valence-electron chi connectivity index (χ1n) is 7.62. The predicted octanol–water partition coefficient (Wildman–Crippen LogP) is 3.78. The summed E-state index contributed by atoms with van der Waals surface area (Å²) in [5, 5.41) is 3.50. The Balaban J connectivity index is 1.73. The van der Waals surface area contributed by atoms with E-state index in [4.69, 9.17) is 4.74 Å². The van der Waals surface area contributed by atoms with Crippen LogP contribution in [0.2, 0.25) is 0 Å². The van der Waals surface area contributed by atoms with Gasteiger partial charge in [-0.2, -0.15) is 0 Å². The molecule has 3 rings (SSSR count). The van der Waals surface area contributed by atoms with Crippen molar-refractivity contribution in [1.82, 2.24) is 5.32 Å². The zero-order valence-electron chi connectivity index (χ0n) is 12.1. The van der Waals surface area contributed by atoms with Crippen LogP contribution in [0.15, 0.2) is 24.3 Å². The summed E-state index contributed by atoms with van der Waals surface area (Å²) in [4.78, 5) is 0. The molecule has 1 aromatic rings. The zero-order chi connectivity index (χ0) is 13.2. The van der Waals surface area contributed by atoms with Gasteiger partial charge in [0.15, 0.2) is 0 Å². The molecule has 0 heterocycles. The summed E-state index contributed by atoms with van der Waals surface area (Å²) in [7, 11) is 3.84. The molecule has 0 saturated heterocycles. The second-order valence-electron chi connectivity index (χ2n) is 6.25. The number of nitrogens with one attached hydrogen (secondary N) is 1. The Hall–Kier alpha value is -1.02. The Morgan fingerprint density at radius 3 is 2.74 bits per heavy atom. The molecule has 19 heavy (non-hydrogen) atoms. The minimum Gasteiger partial charge on any atom is -0.496 e. The highest BCUT2D eigenvalue weighted by Gasteiger charge is 2.40. The van der Waals surface area contributed by atoms with Crippen LogP contribution in [0.3, 0.4) is 0 Å². The molecule has 104 valence electrons. The van der Waals surface area contributed by atoms with Gasteiger partial charge in [0.1, 0.15) is 5.75 Å². The van der Waals surface area contributed by atoms with E-state index in [1.54, 1.807) is 7.11 Å². The Morgan fingerprint density at radius 2 is 2.11 bits per heavy atom. The Labute approximate surface area is 116 Å². The maximum atomic E-state index is 5.51. The molecule has 0 spiro atoms. The van der Waals surface area contributed by atoms with Crippen molar-refractivity contribution in [1.29, 1.82) is 0 Å². The van der Waals surface area contributed by atoms with Gasteiger partial charge in [-0.3, -0.25) is 0 Å². The lowest BCUT2D eigenvalue weighted by atomic mass is 9.82. The van der Waals surface area contributed by atoms with Gasteiger partial charge in [-0.15, -0.1) is 0 Å². The SMILES string of the molecule is CNC(CC1CC2CCC1C2)c1ccccc1OC. The van der Waals surface area contributed by atoms with Crippen LogP contribution in [0.1, 0.15) is 43.7 Å². The lowest BCUT2D eigenvalue weighted by Crippen LogP contribution is -2.23. The summed E-state index contributed by atoms with van der Waals surface area (Å²) in [6.07, 6.45) is 7.17. The van der Waals surface area contributed by atoms with Gasteiger partial charge >= 0.3 is 0 Å². The van der Waals surface area contributed by atoms with Crippen molar-refractivity contribution < 1.29 is 4.74 Å². The van der Waals surface area contributed by atoms with Gasteiger partial charge in [0.05, 0.1) is 7.11 Å². The van der Waals surface area contributed by atoms with Crippen molar-refractivity contribution in [2.45, 2.75) is 38.1 Å². The van der Waals surface area contributed by atoms with E-state index < -0.39 is 0 Å². The molecule has 2 aliphatic carbocycles. The van der Waals surface area contributed by atoms with Gasteiger partial charge in [-0.05, 0) is 56.6 Å². The maximum Gasteiger partial charge on any atom is 0.123 e. The standard InChI is InChI=1S/C17H25NO/c1-18-16(15-5-3-4-6-17(15)19-2)11-14-10-12-7-8-13(14)9-12/h3-6,12-14,16,18H,7-11H2,1-2H3. The number of hydrogen-bond donors (Lipinski definition) is 1. The van der Waals surface area contributed by atoms with Crippen LogP contribution in [0.25, 0.3) is 0 Å². The van der Waals surface area contributed by atoms with Crippen molar-refractivity contribution in [3.8, 4) is 5.75 Å². The fourth-order valence-electron chi connectivity index (χ4n) is 4.32. The third kappa shape index (κ3) is 2.51. The summed E-state index contributed by atoms with van der Waals surface area (Å²) in [6.45, 7) is 0. The van der Waals surface area contributed by atoms with Crippen molar-refractivity contribution >= 4 is 0 Å². The van der Waals surface area contributed by atoms with Crippen molar-refractivity contribution in [3.05, 3.63) is 29.8 Å². The summed E-state index contributed by atoms with van der Waals surface area (Å²) in [6, 6.07) is 8.86. The van der Waals surface area contributed by atoms with Crippen LogP contribution in [-0.2, 0) is 0 Å². The zero-order valence-corrected chi connectivity index (χ0v) is 12.1. The maximum absolute atomic E-state index is 5.51. The summed E-state index contributed by atoms with van der Waals surface area (Å²) >= 11 is 0. The van der Waals surface area contributed by atoms with E-state index in [0.29, 0.717) is 6.04 Å². The van der Waals surface area contributed by atoms with E-state index in [0.717, 1.165) is 23.5 Å². The average Bonchev–Trinajstić information content (AvgIpc) is 3.07. The van der Waals surface area contributed by atoms with Crippen molar-refractivity contribution in [2.24, 2.45) is 17.8 Å². The molecule has 2 saturated carbocycles. The number of rotatable bonds is 5. The summed E-state index contributed by atoms with van der Waals surface area (Å²) in [5.41, 5.74) is 1.32. The fourth-order valence-corrected chi connectivity index (χ4v) is 4.32. The van der Waals surface area contributed by atoms with Crippen LogP contribution >= 0.6 is 0 Å². The van der Waals surface area contributed by atoms with E-state index in [9.17, 15) is 0 Å². The molecule has 2 fully saturated rings. The minimum absolute atomic E-state index is 0.431. The molecule has 4 unspecified atom stereocenters. The second kappa shape index (κ2) is 5.54.